The van der Waals surface area contributed by atoms with E-state index in [-0.39, 0.29) is 0 Å². The number of aryl methyl sites for hydroxylation is 1. The zero-order valence-corrected chi connectivity index (χ0v) is 16.9. The molecule has 1 unspecified atom stereocenters. The fourth-order valence-corrected chi connectivity index (χ4v) is 4.64. The van der Waals surface area contributed by atoms with Crippen LogP contribution in [0.1, 0.15) is 43.8 Å². The number of hydrogen-bond donors (Lipinski definition) is 0. The van der Waals surface area contributed by atoms with Crippen LogP contribution in [0, 0.1) is 5.92 Å². The van der Waals surface area contributed by atoms with Crippen molar-refractivity contribution in [2.75, 3.05) is 51.8 Å². The first-order chi connectivity index (χ1) is 13.2. The Balaban J connectivity index is 1.53. The Bertz CT molecular complexity index is 769. The van der Waals surface area contributed by atoms with Gasteiger partial charge in [-0.1, -0.05) is 12.8 Å². The van der Waals surface area contributed by atoms with Crippen LogP contribution in [0.3, 0.4) is 0 Å². The smallest absolute Gasteiger partial charge is 0.163 e. The van der Waals surface area contributed by atoms with E-state index in [0.29, 0.717) is 11.8 Å². The second kappa shape index (κ2) is 8.10. The molecular weight excluding hydrogens is 340 g/mol. The summed E-state index contributed by atoms with van der Waals surface area (Å²) >= 11 is 0. The zero-order chi connectivity index (χ0) is 18.8. The Hall–Kier alpha value is -1.73. The first kappa shape index (κ1) is 18.6. The van der Waals surface area contributed by atoms with Gasteiger partial charge in [-0.3, -0.25) is 4.68 Å². The molecule has 2 fully saturated rings. The minimum Gasteiger partial charge on any atom is -0.383 e. The summed E-state index contributed by atoms with van der Waals surface area (Å²) in [5.41, 5.74) is 0.960. The highest BCUT2D eigenvalue weighted by Crippen LogP contribution is 2.35. The third kappa shape index (κ3) is 3.94. The summed E-state index contributed by atoms with van der Waals surface area (Å²) in [6.07, 6.45) is 8.17. The van der Waals surface area contributed by atoms with Crippen molar-refractivity contribution < 1.29 is 4.74 Å². The average molecular weight is 373 g/mol. The van der Waals surface area contributed by atoms with Crippen LogP contribution in [0.2, 0.25) is 0 Å². The van der Waals surface area contributed by atoms with E-state index in [0.717, 1.165) is 48.9 Å². The van der Waals surface area contributed by atoms with E-state index in [2.05, 4.69) is 21.9 Å². The zero-order valence-electron chi connectivity index (χ0n) is 16.9. The highest BCUT2D eigenvalue weighted by molar-refractivity contribution is 5.86. The molecule has 27 heavy (non-hydrogen) atoms. The highest BCUT2D eigenvalue weighted by atomic mass is 16.5. The molecule has 7 nitrogen and oxygen atoms in total. The maximum atomic E-state index is 5.22. The van der Waals surface area contributed by atoms with Crippen molar-refractivity contribution in [1.82, 2.24) is 24.6 Å². The second-order valence-corrected chi connectivity index (χ2v) is 8.22. The molecule has 1 aliphatic carbocycles. The van der Waals surface area contributed by atoms with Gasteiger partial charge in [0.1, 0.15) is 11.6 Å². The van der Waals surface area contributed by atoms with E-state index in [4.69, 9.17) is 14.7 Å². The molecule has 0 amide bonds. The molecule has 1 saturated carbocycles. The van der Waals surface area contributed by atoms with Gasteiger partial charge in [-0.05, 0) is 31.7 Å². The lowest BCUT2D eigenvalue weighted by atomic mass is 10.1. The number of hydrogen-bond acceptors (Lipinski definition) is 6. The molecule has 2 aromatic heterocycles. The van der Waals surface area contributed by atoms with Crippen LogP contribution in [0.4, 0.5) is 5.82 Å². The number of aromatic nitrogens is 4. The number of methoxy groups -OCH3 is 1. The quantitative estimate of drug-likeness (QED) is 0.744. The molecule has 2 aromatic rings. The van der Waals surface area contributed by atoms with Crippen molar-refractivity contribution >= 4 is 16.9 Å². The van der Waals surface area contributed by atoms with Crippen LogP contribution in [0.15, 0.2) is 6.20 Å². The average Bonchev–Trinajstić information content (AvgIpc) is 3.41. The molecule has 0 spiro atoms. The highest BCUT2D eigenvalue weighted by Gasteiger charge is 2.26. The van der Waals surface area contributed by atoms with Crippen LogP contribution in [0.25, 0.3) is 11.0 Å². The molecule has 0 aromatic carbocycles. The molecule has 1 atom stereocenters. The van der Waals surface area contributed by atoms with Crippen LogP contribution < -0.4 is 4.90 Å². The van der Waals surface area contributed by atoms with E-state index in [1.54, 1.807) is 7.11 Å². The predicted octanol–water partition coefficient (Wildman–Crippen LogP) is 2.43. The number of anilines is 1. The SMILES string of the molecule is COCCN1CCC(CN(C)c2nc(C3CCCC3)nc3c2cnn3C)C1. The monoisotopic (exact) mass is 372 g/mol. The number of nitrogens with zero attached hydrogens (tertiary/aromatic N) is 6. The Kier molecular flexibility index (Phi) is 5.59. The van der Waals surface area contributed by atoms with Crippen LogP contribution in [0.5, 0.6) is 0 Å². The van der Waals surface area contributed by atoms with Crippen molar-refractivity contribution in [2.45, 2.75) is 38.0 Å². The molecule has 148 valence electrons. The summed E-state index contributed by atoms with van der Waals surface area (Å²) in [6.45, 7) is 5.18. The number of fused-ring (bicyclic) bond motifs is 1. The molecule has 4 rings (SSSR count). The second-order valence-electron chi connectivity index (χ2n) is 8.22. The molecule has 2 aliphatic rings. The number of ether oxygens (including phenoxy) is 1. The van der Waals surface area contributed by atoms with Crippen LogP contribution >= 0.6 is 0 Å². The van der Waals surface area contributed by atoms with Gasteiger partial charge in [0.05, 0.1) is 18.2 Å². The summed E-state index contributed by atoms with van der Waals surface area (Å²) in [5.74, 6) is 3.24. The van der Waals surface area contributed by atoms with E-state index in [9.17, 15) is 0 Å². The van der Waals surface area contributed by atoms with Crippen molar-refractivity contribution in [3.05, 3.63) is 12.0 Å². The van der Waals surface area contributed by atoms with Gasteiger partial charge in [-0.15, -0.1) is 0 Å². The number of likely N-dealkylation sites (tertiary alicyclic amines) is 1. The Morgan fingerprint density at radius 1 is 1.22 bits per heavy atom. The Morgan fingerprint density at radius 2 is 2.04 bits per heavy atom. The van der Waals surface area contributed by atoms with Crippen molar-refractivity contribution in [2.24, 2.45) is 13.0 Å². The summed E-state index contributed by atoms with van der Waals surface area (Å²) in [6, 6.07) is 0. The van der Waals surface area contributed by atoms with Crippen LogP contribution in [-0.4, -0.2) is 71.6 Å². The van der Waals surface area contributed by atoms with E-state index >= 15 is 0 Å². The molecule has 1 saturated heterocycles. The molecule has 7 heteroatoms. The van der Waals surface area contributed by atoms with Crippen molar-refractivity contribution in [3.63, 3.8) is 0 Å². The number of rotatable bonds is 7. The maximum absolute atomic E-state index is 5.22. The summed E-state index contributed by atoms with van der Waals surface area (Å²) in [4.78, 5) is 14.7. The van der Waals surface area contributed by atoms with Gasteiger partial charge in [0.2, 0.25) is 0 Å². The minimum absolute atomic E-state index is 0.507. The standard InChI is InChI=1S/C20H32N6O/c1-24(13-15-8-9-26(14-15)10-11-27-3)19-17-12-21-25(2)20(17)23-18(22-19)16-6-4-5-7-16/h12,15-16H,4-11,13-14H2,1-3H3. The molecule has 0 radical (unpaired) electrons. The van der Waals surface area contributed by atoms with Gasteiger partial charge in [-0.25, -0.2) is 9.97 Å². The third-order valence-corrected chi connectivity index (χ3v) is 6.18. The lowest BCUT2D eigenvalue weighted by Gasteiger charge is -2.24. The van der Waals surface area contributed by atoms with Gasteiger partial charge in [-0.2, -0.15) is 5.10 Å². The normalized spacial score (nSPS) is 21.5. The van der Waals surface area contributed by atoms with Gasteiger partial charge in [0, 0.05) is 46.8 Å². The first-order valence-electron chi connectivity index (χ1n) is 10.3. The van der Waals surface area contributed by atoms with Gasteiger partial charge in [0.25, 0.3) is 0 Å². The lowest BCUT2D eigenvalue weighted by molar-refractivity contribution is 0.159. The van der Waals surface area contributed by atoms with E-state index < -0.39 is 0 Å². The lowest BCUT2D eigenvalue weighted by Crippen LogP contribution is -2.30. The maximum Gasteiger partial charge on any atom is 0.163 e. The fraction of sp³-hybridized carbons (Fsp3) is 0.750. The van der Waals surface area contributed by atoms with Gasteiger partial charge in [0.15, 0.2) is 5.65 Å². The predicted molar refractivity (Wildman–Crippen MR) is 107 cm³/mol. The summed E-state index contributed by atoms with van der Waals surface area (Å²) < 4.78 is 7.11. The third-order valence-electron chi connectivity index (χ3n) is 6.18. The summed E-state index contributed by atoms with van der Waals surface area (Å²) in [7, 11) is 5.92. The van der Waals surface area contributed by atoms with Crippen molar-refractivity contribution in [3.8, 4) is 0 Å². The molecule has 3 heterocycles. The van der Waals surface area contributed by atoms with Crippen molar-refractivity contribution in [1.29, 1.82) is 0 Å². The largest absolute Gasteiger partial charge is 0.383 e. The molecule has 1 aliphatic heterocycles. The fourth-order valence-electron chi connectivity index (χ4n) is 4.64. The summed E-state index contributed by atoms with van der Waals surface area (Å²) in [5, 5.41) is 5.52. The van der Waals surface area contributed by atoms with E-state index in [1.165, 1.54) is 38.6 Å². The van der Waals surface area contributed by atoms with Gasteiger partial charge < -0.3 is 14.5 Å². The Labute approximate surface area is 161 Å². The minimum atomic E-state index is 0.507. The molecule has 0 bridgehead atoms. The topological polar surface area (TPSA) is 59.3 Å². The molecule has 0 N–H and O–H groups in total. The van der Waals surface area contributed by atoms with Crippen LogP contribution in [-0.2, 0) is 11.8 Å². The first-order valence-corrected chi connectivity index (χ1v) is 10.3. The molecular formula is C20H32N6O. The van der Waals surface area contributed by atoms with Gasteiger partial charge >= 0.3 is 0 Å². The van der Waals surface area contributed by atoms with E-state index in [1.807, 2.05) is 17.9 Å². The Morgan fingerprint density at radius 3 is 2.81 bits per heavy atom.